The van der Waals surface area contributed by atoms with E-state index >= 15 is 0 Å². The summed E-state index contributed by atoms with van der Waals surface area (Å²) in [5.41, 5.74) is 0. The smallest absolute Gasteiger partial charge is 0.0474 e. The fourth-order valence-corrected chi connectivity index (χ4v) is 0.525. The van der Waals surface area contributed by atoms with Crippen molar-refractivity contribution in [3.8, 4) is 0 Å². The number of rotatable bonds is 5. The predicted octanol–water partition coefficient (Wildman–Crippen LogP) is 2.00. The maximum absolute atomic E-state index is 5.16. The first kappa shape index (κ1) is 8.31. The quantitative estimate of drug-likeness (QED) is 0.521. The lowest BCUT2D eigenvalue weighted by molar-refractivity contribution is 0.136. The highest BCUT2D eigenvalue weighted by Gasteiger charge is 1.82. The summed E-state index contributed by atoms with van der Waals surface area (Å²) in [5.74, 6) is 0.823. The molecular weight excluding hydrogens is 120 g/mol. The van der Waals surface area contributed by atoms with Crippen LogP contribution >= 0.6 is 12.6 Å². The fourth-order valence-electron chi connectivity index (χ4n) is 0.407. The molecule has 1 radical (unpaired) electrons. The Hall–Kier alpha value is 0.310. The van der Waals surface area contributed by atoms with Gasteiger partial charge >= 0.3 is 0 Å². The van der Waals surface area contributed by atoms with Gasteiger partial charge in [0.05, 0.1) is 0 Å². The highest BCUT2D eigenvalue weighted by atomic mass is 32.1. The standard InChI is InChI=1S/C6H13OS/c1-2-4-7-5-3-6-8/h2-6H2,1H3. The number of hydrogen-bond donors (Lipinski definition) is 0. The second-order valence-corrected chi connectivity index (χ2v) is 2.08. The molecule has 0 bridgehead atoms. The zero-order chi connectivity index (χ0) is 6.24. The molecule has 0 aromatic carbocycles. The van der Waals surface area contributed by atoms with Crippen molar-refractivity contribution in [1.82, 2.24) is 0 Å². The third kappa shape index (κ3) is 6.31. The van der Waals surface area contributed by atoms with Crippen LogP contribution in [-0.4, -0.2) is 19.0 Å². The van der Waals surface area contributed by atoms with Gasteiger partial charge in [-0.3, -0.25) is 0 Å². The molecule has 0 atom stereocenters. The van der Waals surface area contributed by atoms with Crippen LogP contribution in [0.3, 0.4) is 0 Å². The van der Waals surface area contributed by atoms with Crippen molar-refractivity contribution < 1.29 is 4.74 Å². The molecule has 2 heteroatoms. The molecule has 1 nitrogen and oxygen atoms in total. The Kier molecular flexibility index (Phi) is 7.59. The minimum absolute atomic E-state index is 0.823. The van der Waals surface area contributed by atoms with E-state index in [0.29, 0.717) is 0 Å². The molecule has 0 saturated heterocycles. The first-order valence-electron chi connectivity index (χ1n) is 3.07. The van der Waals surface area contributed by atoms with Gasteiger partial charge in [-0.25, -0.2) is 0 Å². The van der Waals surface area contributed by atoms with Crippen LogP contribution in [0.25, 0.3) is 0 Å². The van der Waals surface area contributed by atoms with Crippen LogP contribution in [0.5, 0.6) is 0 Å². The van der Waals surface area contributed by atoms with Gasteiger partial charge in [-0.15, -0.1) is 0 Å². The van der Waals surface area contributed by atoms with E-state index in [1.54, 1.807) is 0 Å². The zero-order valence-electron chi connectivity index (χ0n) is 5.35. The van der Waals surface area contributed by atoms with Gasteiger partial charge < -0.3 is 4.74 Å². The van der Waals surface area contributed by atoms with Crippen LogP contribution in [0, 0.1) is 0 Å². The molecule has 0 amide bonds. The van der Waals surface area contributed by atoms with E-state index in [1.807, 2.05) is 0 Å². The molecule has 49 valence electrons. The molecule has 0 unspecified atom stereocenters. The first-order valence-corrected chi connectivity index (χ1v) is 3.65. The lowest BCUT2D eigenvalue weighted by atomic mass is 10.5. The van der Waals surface area contributed by atoms with Gasteiger partial charge in [0.15, 0.2) is 0 Å². The summed E-state index contributed by atoms with van der Waals surface area (Å²) in [6.07, 6.45) is 2.13. The number of ether oxygens (including phenoxy) is 1. The maximum atomic E-state index is 5.16. The second-order valence-electron chi connectivity index (χ2n) is 1.67. The minimum atomic E-state index is 0.823. The molecule has 0 fully saturated rings. The summed E-state index contributed by atoms with van der Waals surface area (Å²) >= 11 is 4.72. The van der Waals surface area contributed by atoms with Gasteiger partial charge in [0.2, 0.25) is 0 Å². The van der Waals surface area contributed by atoms with Crippen molar-refractivity contribution in [1.29, 1.82) is 0 Å². The van der Waals surface area contributed by atoms with Crippen LogP contribution in [0.2, 0.25) is 0 Å². The summed E-state index contributed by atoms with van der Waals surface area (Å²) in [6.45, 7) is 3.83. The zero-order valence-corrected chi connectivity index (χ0v) is 6.17. The van der Waals surface area contributed by atoms with Crippen molar-refractivity contribution in [2.24, 2.45) is 0 Å². The van der Waals surface area contributed by atoms with E-state index in [1.165, 1.54) is 0 Å². The van der Waals surface area contributed by atoms with Crippen LogP contribution in [0.4, 0.5) is 0 Å². The summed E-state index contributed by atoms with van der Waals surface area (Å²) in [4.78, 5) is 0. The first-order chi connectivity index (χ1) is 3.91. The molecule has 0 aromatic rings. The van der Waals surface area contributed by atoms with Gasteiger partial charge in [0.25, 0.3) is 0 Å². The Morgan fingerprint density at radius 2 is 2.12 bits per heavy atom. The molecule has 0 rings (SSSR count). The number of hydrogen-bond acceptors (Lipinski definition) is 1. The maximum Gasteiger partial charge on any atom is 0.0474 e. The van der Waals surface area contributed by atoms with E-state index in [2.05, 4.69) is 6.92 Å². The fraction of sp³-hybridized carbons (Fsp3) is 1.00. The van der Waals surface area contributed by atoms with E-state index in [4.69, 9.17) is 17.4 Å². The summed E-state index contributed by atoms with van der Waals surface area (Å²) in [7, 11) is 0. The van der Waals surface area contributed by atoms with Gasteiger partial charge in [-0.1, -0.05) is 19.6 Å². The average molecular weight is 133 g/mol. The van der Waals surface area contributed by atoms with Crippen LogP contribution in [0.1, 0.15) is 19.8 Å². The van der Waals surface area contributed by atoms with Crippen LogP contribution < -0.4 is 0 Å². The van der Waals surface area contributed by atoms with Gasteiger partial charge in [0.1, 0.15) is 0 Å². The molecule has 0 saturated carbocycles. The van der Waals surface area contributed by atoms with Crippen molar-refractivity contribution in [2.75, 3.05) is 19.0 Å². The van der Waals surface area contributed by atoms with E-state index in [9.17, 15) is 0 Å². The minimum Gasteiger partial charge on any atom is -0.381 e. The molecule has 0 aliphatic carbocycles. The van der Waals surface area contributed by atoms with Crippen molar-refractivity contribution in [3.05, 3.63) is 0 Å². The second kappa shape index (κ2) is 7.31. The molecule has 0 heterocycles. The molecule has 0 aliphatic rings. The lowest BCUT2D eigenvalue weighted by Crippen LogP contribution is -1.95. The Morgan fingerprint density at radius 3 is 2.62 bits per heavy atom. The van der Waals surface area contributed by atoms with Crippen LogP contribution in [-0.2, 0) is 4.74 Å². The van der Waals surface area contributed by atoms with Crippen molar-refractivity contribution in [3.63, 3.8) is 0 Å². The third-order valence-corrected chi connectivity index (χ3v) is 1.07. The topological polar surface area (TPSA) is 9.23 Å². The summed E-state index contributed by atoms with van der Waals surface area (Å²) < 4.78 is 5.16. The Morgan fingerprint density at radius 1 is 1.38 bits per heavy atom. The molecule has 8 heavy (non-hydrogen) atoms. The van der Waals surface area contributed by atoms with Gasteiger partial charge in [-0.05, 0) is 12.8 Å². The van der Waals surface area contributed by atoms with Crippen molar-refractivity contribution >= 4 is 12.6 Å². The SMILES string of the molecule is CCCOCCC[S]. The lowest BCUT2D eigenvalue weighted by Gasteiger charge is -1.97. The molecule has 0 N–H and O–H groups in total. The molecule has 0 aliphatic heterocycles. The Labute approximate surface area is 56.8 Å². The van der Waals surface area contributed by atoms with E-state index in [-0.39, 0.29) is 0 Å². The largest absolute Gasteiger partial charge is 0.381 e. The highest BCUT2D eigenvalue weighted by Crippen LogP contribution is 1.86. The van der Waals surface area contributed by atoms with Gasteiger partial charge in [0, 0.05) is 19.0 Å². The highest BCUT2D eigenvalue weighted by molar-refractivity contribution is 7.80. The summed E-state index contributed by atoms with van der Waals surface area (Å²) in [5, 5.41) is 0. The Bertz CT molecular complexity index is 33.5. The monoisotopic (exact) mass is 133 g/mol. The predicted molar refractivity (Wildman–Crippen MR) is 38.2 cm³/mol. The average Bonchev–Trinajstić information content (AvgIpc) is 1.81. The molecule has 0 spiro atoms. The Balaban J connectivity index is 2.53. The van der Waals surface area contributed by atoms with Crippen molar-refractivity contribution in [2.45, 2.75) is 19.8 Å². The molecular formula is C6H13OS. The third-order valence-electron chi connectivity index (χ3n) is 0.781. The summed E-state index contributed by atoms with van der Waals surface area (Å²) in [6, 6.07) is 0. The van der Waals surface area contributed by atoms with E-state index < -0.39 is 0 Å². The van der Waals surface area contributed by atoms with Crippen LogP contribution in [0.15, 0.2) is 0 Å². The van der Waals surface area contributed by atoms with Gasteiger partial charge in [-0.2, -0.15) is 0 Å². The normalized spacial score (nSPS) is 9.75. The molecule has 0 aromatic heterocycles. The van der Waals surface area contributed by atoms with E-state index in [0.717, 1.165) is 31.8 Å².